The predicted octanol–water partition coefficient (Wildman–Crippen LogP) is 1.34. The Hall–Kier alpha value is -2.77. The minimum absolute atomic E-state index is 0.107. The smallest absolute Gasteiger partial charge is 0.318 e. The van der Waals surface area contributed by atoms with Crippen LogP contribution in [-0.4, -0.2) is 42.1 Å². The number of nitrogens with zero attached hydrogens (tertiary/aromatic N) is 4. The maximum Gasteiger partial charge on any atom is 0.318 e. The Balaban J connectivity index is 2.28. The van der Waals surface area contributed by atoms with Gasteiger partial charge < -0.3 is 15.0 Å². The monoisotopic (exact) mass is 291 g/mol. The van der Waals surface area contributed by atoms with Crippen LogP contribution in [-0.2, 0) is 0 Å². The lowest BCUT2D eigenvalue weighted by atomic mass is 10.2. The zero-order valence-electron chi connectivity index (χ0n) is 11.8. The Kier molecular flexibility index (Phi) is 4.27. The van der Waals surface area contributed by atoms with Gasteiger partial charge in [0.15, 0.2) is 5.82 Å². The number of amides is 1. The molecule has 0 aliphatic rings. The highest BCUT2D eigenvalue weighted by molar-refractivity contribution is 6.05. The standard InChI is InChI=1S/C13H14FN5O2/c1-19(2)11-10(7-16-13(18-11)21-3)17-12(20)8-4-9(14)6-15-5-8/h4-7H,1-3H3,(H,17,20). The van der Waals surface area contributed by atoms with Gasteiger partial charge in [-0.25, -0.2) is 9.37 Å². The molecule has 0 aliphatic carbocycles. The van der Waals surface area contributed by atoms with Gasteiger partial charge in [0, 0.05) is 20.3 Å². The first-order chi connectivity index (χ1) is 10.0. The molecule has 110 valence electrons. The van der Waals surface area contributed by atoms with E-state index in [1.807, 2.05) is 0 Å². The average Bonchev–Trinajstić information content (AvgIpc) is 2.47. The molecule has 2 aromatic heterocycles. The van der Waals surface area contributed by atoms with Crippen LogP contribution in [0.3, 0.4) is 0 Å². The van der Waals surface area contributed by atoms with Crippen molar-refractivity contribution in [2.75, 3.05) is 31.4 Å². The summed E-state index contributed by atoms with van der Waals surface area (Å²) in [5.74, 6) is -0.611. The number of pyridine rings is 1. The van der Waals surface area contributed by atoms with Crippen molar-refractivity contribution < 1.29 is 13.9 Å². The molecule has 0 bridgehead atoms. The Bertz CT molecular complexity index is 663. The first-order valence-corrected chi connectivity index (χ1v) is 6.01. The van der Waals surface area contributed by atoms with Gasteiger partial charge in [-0.05, 0) is 6.07 Å². The van der Waals surface area contributed by atoms with E-state index in [0.717, 1.165) is 12.3 Å². The molecular weight excluding hydrogens is 277 g/mol. The Labute approximate surface area is 120 Å². The van der Waals surface area contributed by atoms with Gasteiger partial charge in [-0.2, -0.15) is 4.98 Å². The number of aromatic nitrogens is 3. The van der Waals surface area contributed by atoms with Gasteiger partial charge in [0.1, 0.15) is 11.5 Å². The average molecular weight is 291 g/mol. The largest absolute Gasteiger partial charge is 0.467 e. The second-order valence-corrected chi connectivity index (χ2v) is 4.33. The van der Waals surface area contributed by atoms with Crippen molar-refractivity contribution >= 4 is 17.4 Å². The van der Waals surface area contributed by atoms with Crippen LogP contribution in [0.2, 0.25) is 0 Å². The van der Waals surface area contributed by atoms with Gasteiger partial charge in [-0.3, -0.25) is 9.78 Å². The van der Waals surface area contributed by atoms with E-state index in [4.69, 9.17) is 4.74 Å². The summed E-state index contributed by atoms with van der Waals surface area (Å²) in [4.78, 5) is 25.5. The van der Waals surface area contributed by atoms with Crippen LogP contribution < -0.4 is 15.0 Å². The molecule has 0 saturated heterocycles. The number of hydrogen-bond acceptors (Lipinski definition) is 6. The van der Waals surface area contributed by atoms with Crippen LogP contribution in [0.5, 0.6) is 6.01 Å². The van der Waals surface area contributed by atoms with Crippen LogP contribution in [0.25, 0.3) is 0 Å². The fraction of sp³-hybridized carbons (Fsp3) is 0.231. The summed E-state index contributed by atoms with van der Waals surface area (Å²) in [6.45, 7) is 0. The van der Waals surface area contributed by atoms with E-state index >= 15 is 0 Å². The highest BCUT2D eigenvalue weighted by Crippen LogP contribution is 2.23. The zero-order valence-corrected chi connectivity index (χ0v) is 11.8. The van der Waals surface area contributed by atoms with Crippen molar-refractivity contribution in [2.24, 2.45) is 0 Å². The maximum atomic E-state index is 13.1. The highest BCUT2D eigenvalue weighted by Gasteiger charge is 2.14. The molecule has 0 atom stereocenters. The lowest BCUT2D eigenvalue weighted by Gasteiger charge is -2.16. The van der Waals surface area contributed by atoms with Crippen molar-refractivity contribution in [3.63, 3.8) is 0 Å². The van der Waals surface area contributed by atoms with Gasteiger partial charge in [0.2, 0.25) is 0 Å². The Morgan fingerprint density at radius 2 is 2.10 bits per heavy atom. The van der Waals surface area contributed by atoms with E-state index in [1.165, 1.54) is 19.5 Å². The number of halogens is 1. The second kappa shape index (κ2) is 6.12. The molecule has 0 unspecified atom stereocenters. The van der Waals surface area contributed by atoms with E-state index in [0.29, 0.717) is 11.5 Å². The minimum Gasteiger partial charge on any atom is -0.467 e. The molecule has 0 aromatic carbocycles. The molecular formula is C13H14FN5O2. The fourth-order valence-corrected chi connectivity index (χ4v) is 1.62. The van der Waals surface area contributed by atoms with Crippen LogP contribution in [0.4, 0.5) is 15.9 Å². The molecule has 2 heterocycles. The van der Waals surface area contributed by atoms with Crippen molar-refractivity contribution in [3.05, 3.63) is 36.0 Å². The SMILES string of the molecule is COc1ncc(NC(=O)c2cncc(F)c2)c(N(C)C)n1. The molecule has 0 aliphatic heterocycles. The molecule has 0 spiro atoms. The third-order valence-corrected chi connectivity index (χ3v) is 2.57. The van der Waals surface area contributed by atoms with Crippen molar-refractivity contribution in [1.82, 2.24) is 15.0 Å². The summed E-state index contributed by atoms with van der Waals surface area (Å²) < 4.78 is 18.0. The second-order valence-electron chi connectivity index (χ2n) is 4.33. The van der Waals surface area contributed by atoms with E-state index in [-0.39, 0.29) is 11.6 Å². The lowest BCUT2D eigenvalue weighted by molar-refractivity contribution is 0.102. The summed E-state index contributed by atoms with van der Waals surface area (Å²) >= 11 is 0. The van der Waals surface area contributed by atoms with Gasteiger partial charge in [0.25, 0.3) is 5.91 Å². The quantitative estimate of drug-likeness (QED) is 0.915. The fourth-order valence-electron chi connectivity index (χ4n) is 1.62. The molecule has 21 heavy (non-hydrogen) atoms. The Morgan fingerprint density at radius 3 is 2.71 bits per heavy atom. The van der Waals surface area contributed by atoms with Gasteiger partial charge >= 0.3 is 6.01 Å². The summed E-state index contributed by atoms with van der Waals surface area (Å²) in [7, 11) is 4.98. The molecule has 8 heteroatoms. The number of carbonyl (C=O) groups excluding carboxylic acids is 1. The molecule has 2 rings (SSSR count). The van der Waals surface area contributed by atoms with E-state index in [1.54, 1.807) is 19.0 Å². The lowest BCUT2D eigenvalue weighted by Crippen LogP contribution is -2.19. The van der Waals surface area contributed by atoms with E-state index in [2.05, 4.69) is 20.3 Å². The number of rotatable bonds is 4. The molecule has 1 N–H and O–H groups in total. The van der Waals surface area contributed by atoms with Crippen molar-refractivity contribution in [2.45, 2.75) is 0 Å². The molecule has 1 amide bonds. The minimum atomic E-state index is -0.582. The summed E-state index contributed by atoms with van der Waals surface area (Å²) in [5, 5.41) is 2.62. The number of hydrogen-bond donors (Lipinski definition) is 1. The number of ether oxygens (including phenoxy) is 1. The number of carbonyl (C=O) groups is 1. The number of anilines is 2. The third kappa shape index (κ3) is 3.41. The summed E-state index contributed by atoms with van der Waals surface area (Å²) in [6.07, 6.45) is 3.72. The molecule has 7 nitrogen and oxygen atoms in total. The molecule has 0 fully saturated rings. The number of methoxy groups -OCH3 is 1. The van der Waals surface area contributed by atoms with Crippen LogP contribution >= 0.6 is 0 Å². The first-order valence-electron chi connectivity index (χ1n) is 6.01. The predicted molar refractivity (Wildman–Crippen MR) is 75.1 cm³/mol. The van der Waals surface area contributed by atoms with Gasteiger partial charge in [0.05, 0.1) is 25.1 Å². The Morgan fingerprint density at radius 1 is 1.33 bits per heavy atom. The number of nitrogens with one attached hydrogen (secondary N) is 1. The van der Waals surface area contributed by atoms with Gasteiger partial charge in [-0.15, -0.1) is 0 Å². The third-order valence-electron chi connectivity index (χ3n) is 2.57. The van der Waals surface area contributed by atoms with E-state index < -0.39 is 11.7 Å². The zero-order chi connectivity index (χ0) is 15.4. The van der Waals surface area contributed by atoms with Crippen molar-refractivity contribution in [1.29, 1.82) is 0 Å². The van der Waals surface area contributed by atoms with Crippen LogP contribution in [0.1, 0.15) is 10.4 Å². The molecule has 2 aromatic rings. The van der Waals surface area contributed by atoms with Crippen molar-refractivity contribution in [3.8, 4) is 6.01 Å². The first kappa shape index (κ1) is 14.6. The molecule has 0 radical (unpaired) electrons. The van der Waals surface area contributed by atoms with Crippen LogP contribution in [0, 0.1) is 5.82 Å². The molecule has 0 saturated carbocycles. The normalized spacial score (nSPS) is 10.1. The summed E-state index contributed by atoms with van der Waals surface area (Å²) in [6, 6.07) is 1.28. The summed E-state index contributed by atoms with van der Waals surface area (Å²) in [5.41, 5.74) is 0.491. The van der Waals surface area contributed by atoms with E-state index in [9.17, 15) is 9.18 Å². The highest BCUT2D eigenvalue weighted by atomic mass is 19.1. The van der Waals surface area contributed by atoms with Crippen LogP contribution in [0.15, 0.2) is 24.7 Å². The topological polar surface area (TPSA) is 80.2 Å². The maximum absolute atomic E-state index is 13.1. The van der Waals surface area contributed by atoms with Gasteiger partial charge in [-0.1, -0.05) is 0 Å².